The lowest BCUT2D eigenvalue weighted by Gasteiger charge is -2.18. The second-order valence-corrected chi connectivity index (χ2v) is 6.04. The second kappa shape index (κ2) is 7.96. The number of ether oxygens (including phenoxy) is 1. The highest BCUT2D eigenvalue weighted by Gasteiger charge is 2.24. The zero-order chi connectivity index (χ0) is 19.4. The maximum absolute atomic E-state index is 12.9. The Morgan fingerprint density at radius 3 is 2.15 bits per heavy atom. The molecule has 0 unspecified atom stereocenters. The molecule has 2 rings (SSSR count). The molecule has 0 spiro atoms. The van der Waals surface area contributed by atoms with Crippen molar-refractivity contribution in [1.29, 1.82) is 5.26 Å². The number of carbonyl (C=O) groups is 1. The first kappa shape index (κ1) is 19.4. The quantitative estimate of drug-likeness (QED) is 0.772. The van der Waals surface area contributed by atoms with E-state index < -0.39 is 11.5 Å². The van der Waals surface area contributed by atoms with Crippen LogP contribution in [0.2, 0.25) is 0 Å². The maximum Gasteiger partial charge on any atom is 0.308 e. The molecule has 6 nitrogen and oxygen atoms in total. The van der Waals surface area contributed by atoms with Crippen molar-refractivity contribution in [3.8, 4) is 22.9 Å². The summed E-state index contributed by atoms with van der Waals surface area (Å²) < 4.78 is 6.39. The average molecular weight is 353 g/mol. The second-order valence-electron chi connectivity index (χ2n) is 6.04. The van der Waals surface area contributed by atoms with E-state index in [0.29, 0.717) is 12.8 Å². The molecular weight excluding hydrogens is 330 g/mol. The van der Waals surface area contributed by atoms with Gasteiger partial charge in [-0.1, -0.05) is 32.9 Å². The van der Waals surface area contributed by atoms with Gasteiger partial charge in [0.05, 0.1) is 5.56 Å². The number of aromatic nitrogens is 2. The van der Waals surface area contributed by atoms with Crippen LogP contribution in [0.3, 0.4) is 0 Å². The molecule has 26 heavy (non-hydrogen) atoms. The highest BCUT2D eigenvalue weighted by molar-refractivity contribution is 5.81. The third-order valence-electron chi connectivity index (χ3n) is 4.33. The zero-order valence-corrected chi connectivity index (χ0v) is 15.8. The Labute approximate surface area is 153 Å². The Morgan fingerprint density at radius 2 is 1.73 bits per heavy atom. The van der Waals surface area contributed by atoms with Gasteiger partial charge in [-0.25, -0.2) is 4.68 Å². The number of aryl methyl sites for hydroxylation is 4. The van der Waals surface area contributed by atoms with Crippen LogP contribution in [0.1, 0.15) is 50.1 Å². The largest absolute Gasteiger partial charge is 0.423 e. The molecule has 0 amide bonds. The molecule has 2 aromatic rings. The summed E-state index contributed by atoms with van der Waals surface area (Å²) in [4.78, 5) is 24.5. The van der Waals surface area contributed by atoms with E-state index >= 15 is 0 Å². The fraction of sp³-hybridized carbons (Fsp3) is 0.400. The van der Waals surface area contributed by atoms with Crippen LogP contribution < -0.4 is 10.3 Å². The highest BCUT2D eigenvalue weighted by atomic mass is 16.5. The highest BCUT2D eigenvalue weighted by Crippen LogP contribution is 2.35. The number of rotatable bonds is 5. The first-order chi connectivity index (χ1) is 12.4. The van der Waals surface area contributed by atoms with Gasteiger partial charge in [0.15, 0.2) is 5.75 Å². The van der Waals surface area contributed by atoms with Crippen LogP contribution in [0.25, 0.3) is 11.1 Å². The van der Waals surface area contributed by atoms with Crippen LogP contribution in [0, 0.1) is 11.3 Å². The molecule has 0 bridgehead atoms. The van der Waals surface area contributed by atoms with Crippen molar-refractivity contribution < 1.29 is 9.53 Å². The molecule has 1 aromatic carbocycles. The normalized spacial score (nSPS) is 10.5. The molecule has 1 heterocycles. The van der Waals surface area contributed by atoms with Gasteiger partial charge in [0, 0.05) is 14.0 Å². The summed E-state index contributed by atoms with van der Waals surface area (Å²) in [5, 5.41) is 13.4. The van der Waals surface area contributed by atoms with Crippen LogP contribution in [0.15, 0.2) is 16.9 Å². The molecule has 6 heteroatoms. The number of nitriles is 1. The number of esters is 1. The lowest BCUT2D eigenvalue weighted by molar-refractivity contribution is -0.131. The molecule has 0 atom stereocenters. The van der Waals surface area contributed by atoms with Gasteiger partial charge in [-0.3, -0.25) is 9.59 Å². The van der Waals surface area contributed by atoms with Gasteiger partial charge in [-0.15, -0.1) is 0 Å². The predicted octanol–water partition coefficient (Wildman–Crippen LogP) is 2.93. The fourth-order valence-electron chi connectivity index (χ4n) is 3.08. The van der Waals surface area contributed by atoms with Crippen molar-refractivity contribution in [1.82, 2.24) is 9.78 Å². The SMILES string of the molecule is CCc1cc(CC)c(-c2c(OC(C)=O)c(C#N)nn(C)c2=O)c(CC)c1. The van der Waals surface area contributed by atoms with Gasteiger partial charge in [-0.2, -0.15) is 10.4 Å². The topological polar surface area (TPSA) is 85.0 Å². The van der Waals surface area contributed by atoms with Crippen molar-refractivity contribution >= 4 is 5.97 Å². The van der Waals surface area contributed by atoms with Gasteiger partial charge in [0.25, 0.3) is 5.56 Å². The van der Waals surface area contributed by atoms with Crippen LogP contribution in [0.4, 0.5) is 0 Å². The van der Waals surface area contributed by atoms with Gasteiger partial charge in [-0.05, 0) is 41.5 Å². The maximum atomic E-state index is 12.9. The van der Waals surface area contributed by atoms with E-state index in [9.17, 15) is 14.9 Å². The Kier molecular flexibility index (Phi) is 5.93. The van der Waals surface area contributed by atoms with Crippen LogP contribution in [-0.4, -0.2) is 15.7 Å². The summed E-state index contributed by atoms with van der Waals surface area (Å²) >= 11 is 0. The number of carbonyl (C=O) groups excluding carboxylic acids is 1. The van der Waals surface area contributed by atoms with E-state index in [4.69, 9.17) is 4.74 Å². The molecule has 0 fully saturated rings. The molecule has 0 saturated carbocycles. The van der Waals surface area contributed by atoms with E-state index in [0.717, 1.165) is 27.8 Å². The zero-order valence-electron chi connectivity index (χ0n) is 15.8. The molecule has 0 aliphatic rings. The van der Waals surface area contributed by atoms with Crippen LogP contribution in [0.5, 0.6) is 5.75 Å². The summed E-state index contributed by atoms with van der Waals surface area (Å²) in [6, 6.07) is 6.06. The summed E-state index contributed by atoms with van der Waals surface area (Å²) in [6.07, 6.45) is 2.31. The minimum atomic E-state index is -0.598. The lowest BCUT2D eigenvalue weighted by atomic mass is 9.89. The average Bonchev–Trinajstić information content (AvgIpc) is 2.63. The monoisotopic (exact) mass is 353 g/mol. The minimum absolute atomic E-state index is 0.0586. The van der Waals surface area contributed by atoms with Crippen molar-refractivity contribution in [3.05, 3.63) is 44.9 Å². The Hall–Kier alpha value is -2.94. The minimum Gasteiger partial charge on any atom is -0.423 e. The van der Waals surface area contributed by atoms with Gasteiger partial charge in [0.2, 0.25) is 5.69 Å². The molecule has 0 radical (unpaired) electrons. The van der Waals surface area contributed by atoms with E-state index in [2.05, 4.69) is 24.2 Å². The molecule has 136 valence electrons. The number of hydrogen-bond donors (Lipinski definition) is 0. The lowest BCUT2D eigenvalue weighted by Crippen LogP contribution is -2.25. The summed E-state index contributed by atoms with van der Waals surface area (Å²) in [5.74, 6) is -0.657. The smallest absolute Gasteiger partial charge is 0.308 e. The third-order valence-corrected chi connectivity index (χ3v) is 4.33. The number of benzene rings is 1. The predicted molar refractivity (Wildman–Crippen MR) is 99.1 cm³/mol. The molecule has 0 aliphatic heterocycles. The van der Waals surface area contributed by atoms with Crippen LogP contribution >= 0.6 is 0 Å². The number of hydrogen-bond acceptors (Lipinski definition) is 5. The van der Waals surface area contributed by atoms with Crippen molar-refractivity contribution in [2.24, 2.45) is 7.05 Å². The molecule has 0 N–H and O–H groups in total. The van der Waals surface area contributed by atoms with Crippen molar-refractivity contribution in [3.63, 3.8) is 0 Å². The Balaban J connectivity index is 3.01. The van der Waals surface area contributed by atoms with Gasteiger partial charge >= 0.3 is 5.97 Å². The Morgan fingerprint density at radius 1 is 1.15 bits per heavy atom. The standard InChI is InChI=1S/C20H23N3O3/c1-6-13-9-14(7-2)17(15(8-3)10-13)18-19(26-12(4)24)16(11-21)22-23(5)20(18)25/h9-10H,6-8H2,1-5H3. The third kappa shape index (κ3) is 3.52. The fourth-order valence-corrected chi connectivity index (χ4v) is 3.08. The van der Waals surface area contributed by atoms with E-state index in [1.54, 1.807) is 0 Å². The first-order valence-corrected chi connectivity index (χ1v) is 8.72. The summed E-state index contributed by atoms with van der Waals surface area (Å²) in [7, 11) is 1.49. The van der Waals surface area contributed by atoms with E-state index in [1.165, 1.54) is 19.5 Å². The van der Waals surface area contributed by atoms with Crippen molar-refractivity contribution in [2.75, 3.05) is 0 Å². The van der Waals surface area contributed by atoms with E-state index in [-0.39, 0.29) is 17.0 Å². The summed E-state index contributed by atoms with van der Waals surface area (Å²) in [6.45, 7) is 7.35. The first-order valence-electron chi connectivity index (χ1n) is 8.72. The number of nitrogens with zero attached hydrogens (tertiary/aromatic N) is 3. The van der Waals surface area contributed by atoms with Crippen LogP contribution in [-0.2, 0) is 31.1 Å². The Bertz CT molecular complexity index is 927. The molecule has 0 saturated heterocycles. The van der Waals surface area contributed by atoms with E-state index in [1.807, 2.05) is 19.9 Å². The summed E-state index contributed by atoms with van der Waals surface area (Å²) in [5.41, 5.74) is 3.65. The molecule has 1 aromatic heterocycles. The van der Waals surface area contributed by atoms with Gasteiger partial charge in [0.1, 0.15) is 6.07 Å². The molecular formula is C20H23N3O3. The molecule has 0 aliphatic carbocycles. The van der Waals surface area contributed by atoms with Crippen molar-refractivity contribution in [2.45, 2.75) is 47.0 Å². The van der Waals surface area contributed by atoms with Gasteiger partial charge < -0.3 is 4.74 Å².